The van der Waals surface area contributed by atoms with Gasteiger partial charge in [-0.3, -0.25) is 0 Å². The molecule has 2 nitrogen and oxygen atoms in total. The van der Waals surface area contributed by atoms with Crippen LogP contribution in [0.1, 0.15) is 36.8 Å². The summed E-state index contributed by atoms with van der Waals surface area (Å²) in [6, 6.07) is 45.5. The molecule has 0 fully saturated rings. The second-order valence-electron chi connectivity index (χ2n) is 11.7. The van der Waals surface area contributed by atoms with Gasteiger partial charge in [-0.2, -0.15) is 0 Å². The van der Waals surface area contributed by atoms with Crippen molar-refractivity contribution in [3.8, 4) is 22.6 Å². The molecule has 0 radical (unpaired) electrons. The normalized spacial score (nSPS) is 11.6. The number of rotatable bonds is 16. The van der Waals surface area contributed by atoms with Gasteiger partial charge in [-0.05, 0) is 24.1 Å². The number of phenols is 1. The first-order valence-electron chi connectivity index (χ1n) is 16.1. The van der Waals surface area contributed by atoms with E-state index in [0.717, 1.165) is 47.3 Å². The van der Waals surface area contributed by atoms with Crippen LogP contribution in [0.25, 0.3) is 11.1 Å². The summed E-state index contributed by atoms with van der Waals surface area (Å²) in [6.07, 6.45) is 10.9. The third-order valence-electron chi connectivity index (χ3n) is 8.68. The second-order valence-corrected chi connectivity index (χ2v) is 15.7. The first kappa shape index (κ1) is 32.0. The Morgan fingerprint density at radius 1 is 0.600 bits per heavy atom. The number of allylic oxidation sites excluding steroid dienone is 2. The van der Waals surface area contributed by atoms with E-state index in [1.807, 2.05) is 36.4 Å². The van der Waals surface area contributed by atoms with E-state index in [4.69, 9.17) is 4.74 Å². The number of ether oxygens (including phenoxy) is 1. The molecule has 0 aliphatic carbocycles. The smallest absolute Gasteiger partial charge is 0.0471 e. The fraction of sp³-hybridized carbons (Fsp3) is 0.190. The molecule has 5 aromatic carbocycles. The van der Waals surface area contributed by atoms with Gasteiger partial charge in [-0.15, -0.1) is 6.58 Å². The maximum Gasteiger partial charge on any atom is -0.0471 e. The van der Waals surface area contributed by atoms with E-state index in [9.17, 15) is 5.11 Å². The van der Waals surface area contributed by atoms with Crippen LogP contribution in [0.3, 0.4) is 0 Å². The van der Waals surface area contributed by atoms with Crippen LogP contribution in [0, 0.1) is 0 Å². The van der Waals surface area contributed by atoms with Gasteiger partial charge in [0.2, 0.25) is 0 Å². The van der Waals surface area contributed by atoms with E-state index in [-0.39, 0.29) is 5.75 Å². The molecule has 45 heavy (non-hydrogen) atoms. The van der Waals surface area contributed by atoms with E-state index >= 15 is 0 Å². The summed E-state index contributed by atoms with van der Waals surface area (Å²) < 4.78 is 6.31. The molecule has 0 heterocycles. The van der Waals surface area contributed by atoms with Gasteiger partial charge < -0.3 is 5.11 Å². The zero-order chi connectivity index (χ0) is 31.3. The fourth-order valence-electron chi connectivity index (χ4n) is 6.44. The Hall–Kier alpha value is -4.39. The summed E-state index contributed by atoms with van der Waals surface area (Å²) in [4.78, 5) is 0. The Morgan fingerprint density at radius 2 is 1.18 bits per heavy atom. The third-order valence-corrected chi connectivity index (χ3v) is 13.7. The molecule has 0 saturated carbocycles. The summed E-state index contributed by atoms with van der Waals surface area (Å²) in [5.74, 6) is 1.17. The molecule has 230 valence electrons. The molecule has 0 aliphatic rings. The van der Waals surface area contributed by atoms with Crippen LogP contribution in [0.2, 0.25) is 0 Å². The number of unbranched alkanes of at least 4 members (excludes halogenated alkanes) is 3. The number of hydrogen-bond acceptors (Lipinski definition) is 2. The molecule has 0 atom stereocenters. The van der Waals surface area contributed by atoms with E-state index in [1.165, 1.54) is 34.9 Å². The minimum absolute atomic E-state index is 0.278. The van der Waals surface area contributed by atoms with Crippen molar-refractivity contribution >= 4 is 23.2 Å². The molecule has 0 amide bonds. The van der Waals surface area contributed by atoms with Crippen molar-refractivity contribution in [1.29, 1.82) is 0 Å². The molecule has 5 rings (SSSR count). The first-order chi connectivity index (χ1) is 22.2. The minimum atomic E-state index is -2.17. The molecule has 0 spiro atoms. The number of benzene rings is 5. The molecular formula is C42H45O2P. The largest absolute Gasteiger partial charge is 0.0471 e. The second kappa shape index (κ2) is 16.1. The van der Waals surface area contributed by atoms with Gasteiger partial charge in [0.25, 0.3) is 0 Å². The topological polar surface area (TPSA) is 29.5 Å². The van der Waals surface area contributed by atoms with Crippen molar-refractivity contribution in [3.63, 3.8) is 0 Å². The maximum absolute atomic E-state index is 10.6. The number of aromatic hydroxyl groups is 1. The zero-order valence-corrected chi connectivity index (χ0v) is 27.2. The molecule has 3 heteroatoms. The molecule has 5 aromatic rings. The van der Waals surface area contributed by atoms with Gasteiger partial charge >= 0.3 is 217 Å². The molecule has 1 N–H and O–H groups in total. The quantitative estimate of drug-likeness (QED) is 0.0684. The first-order valence-corrected chi connectivity index (χ1v) is 18.3. The van der Waals surface area contributed by atoms with Gasteiger partial charge in [0.15, 0.2) is 0 Å². The van der Waals surface area contributed by atoms with Crippen LogP contribution in [0.15, 0.2) is 153 Å². The van der Waals surface area contributed by atoms with E-state index in [1.54, 1.807) is 6.07 Å². The third kappa shape index (κ3) is 7.83. The molecule has 0 unspecified atom stereocenters. The van der Waals surface area contributed by atoms with Gasteiger partial charge in [-0.1, -0.05) is 12.1 Å². The van der Waals surface area contributed by atoms with Crippen LogP contribution in [0.4, 0.5) is 0 Å². The van der Waals surface area contributed by atoms with Crippen LogP contribution in [0.5, 0.6) is 11.5 Å². The van der Waals surface area contributed by atoms with Crippen molar-refractivity contribution in [2.24, 2.45) is 0 Å². The maximum atomic E-state index is 10.6. The van der Waals surface area contributed by atoms with E-state index < -0.39 is 7.26 Å². The molecule has 0 aliphatic heterocycles. The van der Waals surface area contributed by atoms with Crippen molar-refractivity contribution in [2.75, 3.05) is 12.8 Å². The summed E-state index contributed by atoms with van der Waals surface area (Å²) >= 11 is 0. The van der Waals surface area contributed by atoms with E-state index in [2.05, 4.69) is 110 Å². The Morgan fingerprint density at radius 3 is 1.76 bits per heavy atom. The van der Waals surface area contributed by atoms with Crippen molar-refractivity contribution in [2.45, 2.75) is 38.5 Å². The summed E-state index contributed by atoms with van der Waals surface area (Å²) in [7, 11) is -2.17. The summed E-state index contributed by atoms with van der Waals surface area (Å²) in [6.45, 7) is 8.48. The Bertz CT molecular complexity index is 1570. The monoisotopic (exact) mass is 612 g/mol. The predicted octanol–water partition coefficient (Wildman–Crippen LogP) is 9.18. The number of phenolic OH excluding ortho intramolecular Hbond substituents is 1. The van der Waals surface area contributed by atoms with Crippen LogP contribution in [-0.2, 0) is 12.8 Å². The average Bonchev–Trinajstić information content (AvgIpc) is 3.09. The Kier molecular flexibility index (Phi) is 11.4. The molecular weight excluding hydrogens is 567 g/mol. The Balaban J connectivity index is 1.23. The van der Waals surface area contributed by atoms with Crippen molar-refractivity contribution in [3.05, 3.63) is 164 Å². The standard InChI is InChI=1S/C42H45O2P/c1-3-18-34-26-28-41(43)40(32-34)35-27-29-42(36(33-35)19-4-2)44-30-16-5-6-17-31-45(37-20-10-7-11-21-37,38-22-12-8-13-23-38)39-24-14-9-15-25-39/h3-4,7-15,20-29,32-33,43,45H,1-2,5-6,16-19,30-31H2. The van der Waals surface area contributed by atoms with Crippen molar-refractivity contribution < 1.29 is 9.84 Å². The SMILES string of the molecule is C=CCc1ccc(O)c(-c2ccc(OCCCCCC[PH](c3ccccc3)(c3ccccc3)c3ccccc3)c(CC=C)c2)c1. The minimum Gasteiger partial charge on any atom is -0.0471 e. The molecule has 0 saturated heterocycles. The summed E-state index contributed by atoms with van der Waals surface area (Å²) in [5, 5.41) is 15.0. The van der Waals surface area contributed by atoms with E-state index in [0.29, 0.717) is 13.0 Å². The summed E-state index contributed by atoms with van der Waals surface area (Å²) in [5.41, 5.74) is 4.01. The van der Waals surface area contributed by atoms with Crippen LogP contribution >= 0.6 is 7.26 Å². The van der Waals surface area contributed by atoms with Gasteiger partial charge in [-0.25, -0.2) is 0 Å². The van der Waals surface area contributed by atoms with Crippen LogP contribution in [-0.4, -0.2) is 17.9 Å². The predicted molar refractivity (Wildman–Crippen MR) is 197 cm³/mol. The van der Waals surface area contributed by atoms with Gasteiger partial charge in [0.1, 0.15) is 5.75 Å². The number of hydrogen-bond donors (Lipinski definition) is 1. The van der Waals surface area contributed by atoms with Gasteiger partial charge in [0, 0.05) is 0 Å². The zero-order valence-electron chi connectivity index (χ0n) is 26.2. The molecule has 0 bridgehead atoms. The van der Waals surface area contributed by atoms with Gasteiger partial charge in [0.05, 0.1) is 0 Å². The Labute approximate surface area is 270 Å². The van der Waals surface area contributed by atoms with Crippen LogP contribution < -0.4 is 20.7 Å². The molecule has 0 aromatic heterocycles. The van der Waals surface area contributed by atoms with Crippen molar-refractivity contribution in [1.82, 2.24) is 0 Å². The average molecular weight is 613 g/mol. The fourth-order valence-corrected chi connectivity index (χ4v) is 11.4.